The van der Waals surface area contributed by atoms with Crippen molar-refractivity contribution in [3.05, 3.63) is 52.0 Å². The fourth-order valence-electron chi connectivity index (χ4n) is 2.51. The van der Waals surface area contributed by atoms with Gasteiger partial charge in [0, 0.05) is 35.9 Å². The van der Waals surface area contributed by atoms with Crippen molar-refractivity contribution in [1.82, 2.24) is 14.9 Å². The Balaban J connectivity index is 2.22. The first-order valence-corrected chi connectivity index (χ1v) is 7.87. The Morgan fingerprint density at radius 2 is 2.15 bits per heavy atom. The number of benzene rings is 1. The molecule has 4 heteroatoms. The average Bonchev–Trinajstić information content (AvgIpc) is 2.82. The number of hydrogen-bond donors (Lipinski definition) is 1. The molecule has 0 saturated carbocycles. The number of rotatable bonds is 6. The van der Waals surface area contributed by atoms with E-state index in [1.54, 1.807) is 0 Å². The molecule has 0 amide bonds. The fraction of sp³-hybridized carbons (Fsp3) is 0.438. The molecule has 20 heavy (non-hydrogen) atoms. The van der Waals surface area contributed by atoms with Gasteiger partial charge in [0.25, 0.3) is 0 Å². The second-order valence-electron chi connectivity index (χ2n) is 5.14. The quantitative estimate of drug-likeness (QED) is 0.868. The van der Waals surface area contributed by atoms with E-state index in [1.165, 1.54) is 11.1 Å². The Kier molecular flexibility index (Phi) is 5.38. The topological polar surface area (TPSA) is 29.9 Å². The van der Waals surface area contributed by atoms with Crippen LogP contribution in [0.2, 0.25) is 0 Å². The van der Waals surface area contributed by atoms with Gasteiger partial charge in [-0.05, 0) is 43.7 Å². The molecule has 0 fully saturated rings. The predicted octanol–water partition coefficient (Wildman–Crippen LogP) is 3.87. The van der Waals surface area contributed by atoms with Crippen LogP contribution in [0.15, 0.2) is 35.1 Å². The highest BCUT2D eigenvalue weighted by Crippen LogP contribution is 2.23. The maximum atomic E-state index is 4.50. The first-order valence-electron chi connectivity index (χ1n) is 7.08. The monoisotopic (exact) mass is 335 g/mol. The molecule has 1 aromatic carbocycles. The van der Waals surface area contributed by atoms with Gasteiger partial charge in [0.05, 0.1) is 0 Å². The molecule has 3 nitrogen and oxygen atoms in total. The third-order valence-corrected chi connectivity index (χ3v) is 3.93. The van der Waals surface area contributed by atoms with Gasteiger partial charge in [-0.25, -0.2) is 4.98 Å². The van der Waals surface area contributed by atoms with Crippen molar-refractivity contribution in [2.45, 2.75) is 39.3 Å². The van der Waals surface area contributed by atoms with Gasteiger partial charge in [0.15, 0.2) is 0 Å². The van der Waals surface area contributed by atoms with Gasteiger partial charge in [-0.1, -0.05) is 28.9 Å². The summed E-state index contributed by atoms with van der Waals surface area (Å²) in [5.74, 6) is 1.14. The van der Waals surface area contributed by atoms with Crippen molar-refractivity contribution in [1.29, 1.82) is 0 Å². The van der Waals surface area contributed by atoms with Crippen molar-refractivity contribution in [2.24, 2.45) is 0 Å². The standard InChI is InChI=1S/C16H22BrN3/c1-4-6-20-7-5-19-16(20)11-15(18-3)13-8-12(2)9-14(17)10-13/h5,7-10,15,18H,4,6,11H2,1-3H3. The van der Waals surface area contributed by atoms with Gasteiger partial charge in [0.1, 0.15) is 5.82 Å². The predicted molar refractivity (Wildman–Crippen MR) is 86.9 cm³/mol. The van der Waals surface area contributed by atoms with Gasteiger partial charge < -0.3 is 9.88 Å². The Morgan fingerprint density at radius 1 is 1.35 bits per heavy atom. The number of imidazole rings is 1. The van der Waals surface area contributed by atoms with E-state index in [2.05, 4.69) is 69.0 Å². The Bertz CT molecular complexity index is 542. The number of nitrogens with zero attached hydrogens (tertiary/aromatic N) is 2. The van der Waals surface area contributed by atoms with Gasteiger partial charge in [-0.3, -0.25) is 0 Å². The van der Waals surface area contributed by atoms with E-state index in [0.717, 1.165) is 29.7 Å². The van der Waals surface area contributed by atoms with Crippen LogP contribution < -0.4 is 5.32 Å². The molecule has 0 spiro atoms. The number of nitrogens with one attached hydrogen (secondary N) is 1. The van der Waals surface area contributed by atoms with Crippen LogP contribution in [0.1, 0.15) is 36.3 Å². The summed E-state index contributed by atoms with van der Waals surface area (Å²) >= 11 is 3.58. The molecule has 0 radical (unpaired) electrons. The van der Waals surface area contributed by atoms with E-state index in [9.17, 15) is 0 Å². The number of likely N-dealkylation sites (N-methyl/N-ethyl adjacent to an activating group) is 1. The van der Waals surface area contributed by atoms with Crippen LogP contribution in [0.4, 0.5) is 0 Å². The van der Waals surface area contributed by atoms with Crippen LogP contribution in [-0.4, -0.2) is 16.6 Å². The second-order valence-corrected chi connectivity index (χ2v) is 6.06. The smallest absolute Gasteiger partial charge is 0.110 e. The lowest BCUT2D eigenvalue weighted by Gasteiger charge is -2.18. The molecule has 1 unspecified atom stereocenters. The Labute approximate surface area is 129 Å². The molecule has 2 aromatic rings. The van der Waals surface area contributed by atoms with Crippen molar-refractivity contribution in [2.75, 3.05) is 7.05 Å². The zero-order valence-electron chi connectivity index (χ0n) is 12.4. The molecule has 1 aromatic heterocycles. The number of halogens is 1. The van der Waals surface area contributed by atoms with Gasteiger partial charge in [-0.15, -0.1) is 0 Å². The van der Waals surface area contributed by atoms with Gasteiger partial charge in [0.2, 0.25) is 0 Å². The van der Waals surface area contributed by atoms with Crippen molar-refractivity contribution in [3.8, 4) is 0 Å². The highest BCUT2D eigenvalue weighted by molar-refractivity contribution is 9.10. The van der Waals surface area contributed by atoms with Crippen LogP contribution >= 0.6 is 15.9 Å². The highest BCUT2D eigenvalue weighted by Gasteiger charge is 2.14. The van der Waals surface area contributed by atoms with E-state index in [4.69, 9.17) is 0 Å². The summed E-state index contributed by atoms with van der Waals surface area (Å²) in [5.41, 5.74) is 2.57. The van der Waals surface area contributed by atoms with Crippen LogP contribution in [0.25, 0.3) is 0 Å². The number of hydrogen-bond acceptors (Lipinski definition) is 2. The SMILES string of the molecule is CCCn1ccnc1CC(NC)c1cc(C)cc(Br)c1. The first kappa shape index (κ1) is 15.3. The first-order chi connectivity index (χ1) is 9.63. The van der Waals surface area contributed by atoms with Crippen LogP contribution in [0.3, 0.4) is 0 Å². The van der Waals surface area contributed by atoms with E-state index < -0.39 is 0 Å². The van der Waals surface area contributed by atoms with Crippen molar-refractivity contribution < 1.29 is 0 Å². The van der Waals surface area contributed by atoms with Gasteiger partial charge >= 0.3 is 0 Å². The third-order valence-electron chi connectivity index (χ3n) is 3.47. The minimum Gasteiger partial charge on any atom is -0.335 e. The van der Waals surface area contributed by atoms with Crippen molar-refractivity contribution in [3.63, 3.8) is 0 Å². The lowest BCUT2D eigenvalue weighted by atomic mass is 10.0. The molecule has 0 aliphatic carbocycles. The minimum absolute atomic E-state index is 0.282. The normalized spacial score (nSPS) is 12.6. The highest BCUT2D eigenvalue weighted by atomic mass is 79.9. The Hall–Kier alpha value is -1.13. The number of aryl methyl sites for hydroxylation is 2. The summed E-state index contributed by atoms with van der Waals surface area (Å²) in [4.78, 5) is 4.50. The molecule has 0 saturated heterocycles. The molecule has 1 heterocycles. The van der Waals surface area contributed by atoms with Crippen LogP contribution in [-0.2, 0) is 13.0 Å². The molecule has 0 aliphatic heterocycles. The number of aromatic nitrogens is 2. The summed E-state index contributed by atoms with van der Waals surface area (Å²) in [6, 6.07) is 6.83. The Morgan fingerprint density at radius 3 is 2.80 bits per heavy atom. The zero-order chi connectivity index (χ0) is 14.5. The summed E-state index contributed by atoms with van der Waals surface area (Å²) < 4.78 is 3.37. The molecular weight excluding hydrogens is 314 g/mol. The largest absolute Gasteiger partial charge is 0.335 e. The molecule has 108 valence electrons. The molecule has 1 N–H and O–H groups in total. The lowest BCUT2D eigenvalue weighted by molar-refractivity contribution is 0.543. The zero-order valence-corrected chi connectivity index (χ0v) is 13.9. The molecule has 0 aliphatic rings. The second kappa shape index (κ2) is 7.04. The van der Waals surface area contributed by atoms with E-state index in [1.807, 2.05) is 13.2 Å². The van der Waals surface area contributed by atoms with E-state index in [0.29, 0.717) is 0 Å². The summed E-state index contributed by atoms with van der Waals surface area (Å²) in [6.45, 7) is 5.35. The summed E-state index contributed by atoms with van der Waals surface area (Å²) in [6.07, 6.45) is 5.99. The summed E-state index contributed by atoms with van der Waals surface area (Å²) in [7, 11) is 2.01. The van der Waals surface area contributed by atoms with E-state index >= 15 is 0 Å². The van der Waals surface area contributed by atoms with Gasteiger partial charge in [-0.2, -0.15) is 0 Å². The molecule has 1 atom stereocenters. The molecule has 0 bridgehead atoms. The fourth-order valence-corrected chi connectivity index (χ4v) is 3.13. The summed E-state index contributed by atoms with van der Waals surface area (Å²) in [5, 5.41) is 3.41. The van der Waals surface area contributed by atoms with Crippen molar-refractivity contribution >= 4 is 15.9 Å². The maximum absolute atomic E-state index is 4.50. The lowest BCUT2D eigenvalue weighted by Crippen LogP contribution is -2.21. The molecular formula is C16H22BrN3. The molecule has 2 rings (SSSR count). The van der Waals surface area contributed by atoms with Crippen LogP contribution in [0, 0.1) is 6.92 Å². The average molecular weight is 336 g/mol. The maximum Gasteiger partial charge on any atom is 0.110 e. The third kappa shape index (κ3) is 3.70. The van der Waals surface area contributed by atoms with Crippen LogP contribution in [0.5, 0.6) is 0 Å². The van der Waals surface area contributed by atoms with E-state index in [-0.39, 0.29) is 6.04 Å². The minimum atomic E-state index is 0.282.